The van der Waals surface area contributed by atoms with Crippen LogP contribution in [-0.2, 0) is 4.79 Å². The molecule has 0 saturated heterocycles. The Bertz CT molecular complexity index is 495. The van der Waals surface area contributed by atoms with Crippen molar-refractivity contribution in [3.05, 3.63) is 30.3 Å². The molecule has 0 aromatic heterocycles. The van der Waals surface area contributed by atoms with Crippen LogP contribution in [0.3, 0.4) is 0 Å². The molecule has 0 saturated carbocycles. The first-order valence-electron chi connectivity index (χ1n) is 8.02. The Kier molecular flexibility index (Phi) is 10.5. The minimum absolute atomic E-state index is 0.0200. The third-order valence-corrected chi connectivity index (χ3v) is 3.71. The lowest BCUT2D eigenvalue weighted by molar-refractivity contribution is -0.127. The van der Waals surface area contributed by atoms with Gasteiger partial charge in [-0.25, -0.2) is 4.99 Å². The second-order valence-corrected chi connectivity index (χ2v) is 6.30. The number of hydrogen-bond donors (Lipinski definition) is 2. The maximum absolute atomic E-state index is 11.6. The van der Waals surface area contributed by atoms with Crippen molar-refractivity contribution in [2.24, 2.45) is 4.99 Å². The molecule has 0 heterocycles. The molecule has 1 amide bonds. The number of likely N-dealkylation sites (N-methyl/N-ethyl adjacent to an activating group) is 1. The van der Waals surface area contributed by atoms with E-state index in [1.165, 1.54) is 4.90 Å². The zero-order valence-electron chi connectivity index (χ0n) is 14.7. The smallest absolute Gasteiger partial charge is 0.243 e. The number of carbonyl (C=O) groups excluding carboxylic acids is 1. The quantitative estimate of drug-likeness (QED) is 0.379. The lowest BCUT2D eigenvalue weighted by Crippen LogP contribution is -2.40. The third kappa shape index (κ3) is 9.29. The summed E-state index contributed by atoms with van der Waals surface area (Å²) in [5.41, 5.74) is 0. The van der Waals surface area contributed by atoms with Crippen molar-refractivity contribution >= 4 is 23.6 Å². The molecule has 0 radical (unpaired) electrons. The van der Waals surface area contributed by atoms with Crippen LogP contribution < -0.4 is 15.4 Å². The summed E-state index contributed by atoms with van der Waals surface area (Å²) in [7, 11) is 3.46. The van der Waals surface area contributed by atoms with Gasteiger partial charge >= 0.3 is 0 Å². The zero-order valence-corrected chi connectivity index (χ0v) is 15.6. The Morgan fingerprint density at radius 1 is 1.21 bits per heavy atom. The van der Waals surface area contributed by atoms with Crippen molar-refractivity contribution in [3.63, 3.8) is 0 Å². The van der Waals surface area contributed by atoms with E-state index < -0.39 is 0 Å². The maximum atomic E-state index is 11.6. The molecular weight excluding hydrogens is 324 g/mol. The van der Waals surface area contributed by atoms with Crippen LogP contribution in [0.25, 0.3) is 0 Å². The van der Waals surface area contributed by atoms with E-state index in [1.807, 2.05) is 30.3 Å². The Hall–Kier alpha value is -1.89. The molecule has 24 heavy (non-hydrogen) atoms. The lowest BCUT2D eigenvalue weighted by Gasteiger charge is -2.13. The second-order valence-electron chi connectivity index (χ2n) is 5.31. The number of carbonyl (C=O) groups is 1. The van der Waals surface area contributed by atoms with Gasteiger partial charge in [-0.1, -0.05) is 18.2 Å². The van der Waals surface area contributed by atoms with E-state index >= 15 is 0 Å². The molecule has 0 aliphatic carbocycles. The van der Waals surface area contributed by atoms with E-state index in [9.17, 15) is 4.79 Å². The van der Waals surface area contributed by atoms with Crippen LogP contribution in [0.5, 0.6) is 5.75 Å². The molecular formula is C17H28N4O2S. The number of aliphatic imine (C=N–C) groups is 1. The number of para-hydroxylation sites is 1. The third-order valence-electron chi connectivity index (χ3n) is 3.10. The number of amides is 1. The van der Waals surface area contributed by atoms with E-state index in [0.29, 0.717) is 12.6 Å². The van der Waals surface area contributed by atoms with Gasteiger partial charge in [-0.05, 0) is 24.8 Å². The van der Waals surface area contributed by atoms with Gasteiger partial charge in [-0.2, -0.15) is 11.8 Å². The van der Waals surface area contributed by atoms with Crippen LogP contribution in [0, 0.1) is 0 Å². The summed E-state index contributed by atoms with van der Waals surface area (Å²) in [4.78, 5) is 17.5. The van der Waals surface area contributed by atoms with Gasteiger partial charge in [-0.3, -0.25) is 4.79 Å². The molecule has 6 nitrogen and oxygen atoms in total. The van der Waals surface area contributed by atoms with E-state index in [1.54, 1.807) is 25.9 Å². The van der Waals surface area contributed by atoms with Crippen molar-refractivity contribution in [2.45, 2.75) is 6.42 Å². The molecule has 2 N–H and O–H groups in total. The van der Waals surface area contributed by atoms with E-state index in [0.717, 1.165) is 31.0 Å². The number of nitrogens with one attached hydrogen (secondary N) is 2. The molecule has 0 bridgehead atoms. The topological polar surface area (TPSA) is 66.0 Å². The summed E-state index contributed by atoms with van der Waals surface area (Å²) >= 11 is 1.76. The Labute approximate surface area is 149 Å². The van der Waals surface area contributed by atoms with Gasteiger partial charge in [0.05, 0.1) is 6.61 Å². The lowest BCUT2D eigenvalue weighted by atomic mass is 10.3. The molecule has 0 fully saturated rings. The molecule has 0 spiro atoms. The normalized spacial score (nSPS) is 11.0. The molecule has 0 aliphatic rings. The highest BCUT2D eigenvalue weighted by atomic mass is 32.2. The van der Waals surface area contributed by atoms with Gasteiger partial charge in [0.2, 0.25) is 5.91 Å². The number of benzene rings is 1. The Morgan fingerprint density at radius 2 is 1.92 bits per heavy atom. The number of rotatable bonds is 10. The maximum Gasteiger partial charge on any atom is 0.243 e. The predicted octanol–water partition coefficient (Wildman–Crippen LogP) is 1.44. The SMILES string of the molecule is CSCCNC(=NCC(=O)N(C)C)NCCCOc1ccccc1. The first-order valence-corrected chi connectivity index (χ1v) is 9.42. The Balaban J connectivity index is 2.32. The zero-order chi connectivity index (χ0) is 17.6. The van der Waals surface area contributed by atoms with Gasteiger partial charge in [0.15, 0.2) is 5.96 Å². The van der Waals surface area contributed by atoms with Gasteiger partial charge < -0.3 is 20.3 Å². The van der Waals surface area contributed by atoms with Gasteiger partial charge in [0, 0.05) is 32.9 Å². The largest absolute Gasteiger partial charge is 0.494 e. The number of guanidine groups is 1. The summed E-state index contributed by atoms with van der Waals surface area (Å²) < 4.78 is 5.65. The van der Waals surface area contributed by atoms with Gasteiger partial charge in [-0.15, -0.1) is 0 Å². The van der Waals surface area contributed by atoms with Crippen LogP contribution in [0.2, 0.25) is 0 Å². The van der Waals surface area contributed by atoms with E-state index in [-0.39, 0.29) is 12.5 Å². The van der Waals surface area contributed by atoms with Crippen LogP contribution in [-0.4, -0.2) is 69.1 Å². The number of hydrogen-bond acceptors (Lipinski definition) is 4. The average molecular weight is 353 g/mol. The minimum atomic E-state index is -0.0200. The van der Waals surface area contributed by atoms with Crippen molar-refractivity contribution in [1.29, 1.82) is 0 Å². The summed E-state index contributed by atoms with van der Waals surface area (Å²) in [6.45, 7) is 2.31. The van der Waals surface area contributed by atoms with Crippen LogP contribution in [0.1, 0.15) is 6.42 Å². The fourth-order valence-corrected chi connectivity index (χ4v) is 2.03. The first-order chi connectivity index (χ1) is 11.6. The van der Waals surface area contributed by atoms with Crippen LogP contribution in [0.15, 0.2) is 35.3 Å². The molecule has 0 unspecified atom stereocenters. The number of thioether (sulfide) groups is 1. The second kappa shape index (κ2) is 12.5. The molecule has 0 aliphatic heterocycles. The van der Waals surface area contributed by atoms with E-state index in [4.69, 9.17) is 4.74 Å². The number of nitrogens with zero attached hydrogens (tertiary/aromatic N) is 2. The van der Waals surface area contributed by atoms with E-state index in [2.05, 4.69) is 21.9 Å². The van der Waals surface area contributed by atoms with Crippen molar-refractivity contribution in [3.8, 4) is 5.75 Å². The molecule has 1 aromatic carbocycles. The molecule has 7 heteroatoms. The molecule has 134 valence electrons. The van der Waals surface area contributed by atoms with Gasteiger partial charge in [0.1, 0.15) is 12.3 Å². The van der Waals surface area contributed by atoms with Crippen molar-refractivity contribution in [2.75, 3.05) is 52.3 Å². The number of ether oxygens (including phenoxy) is 1. The fraction of sp³-hybridized carbons (Fsp3) is 0.529. The highest BCUT2D eigenvalue weighted by Crippen LogP contribution is 2.07. The van der Waals surface area contributed by atoms with Crippen molar-refractivity contribution in [1.82, 2.24) is 15.5 Å². The first kappa shape index (κ1) is 20.2. The Morgan fingerprint density at radius 3 is 2.58 bits per heavy atom. The summed E-state index contributed by atoms with van der Waals surface area (Å²) in [6.07, 6.45) is 2.90. The monoisotopic (exact) mass is 352 g/mol. The van der Waals surface area contributed by atoms with Crippen molar-refractivity contribution < 1.29 is 9.53 Å². The molecule has 1 aromatic rings. The highest BCUT2D eigenvalue weighted by molar-refractivity contribution is 7.98. The summed E-state index contributed by atoms with van der Waals surface area (Å²) in [6, 6.07) is 9.76. The molecule has 0 atom stereocenters. The van der Waals surface area contributed by atoms with Crippen LogP contribution >= 0.6 is 11.8 Å². The fourth-order valence-electron chi connectivity index (χ4n) is 1.72. The average Bonchev–Trinajstić information content (AvgIpc) is 2.59. The summed E-state index contributed by atoms with van der Waals surface area (Å²) in [5.74, 6) is 2.51. The minimum Gasteiger partial charge on any atom is -0.494 e. The summed E-state index contributed by atoms with van der Waals surface area (Å²) in [5, 5.41) is 6.47. The van der Waals surface area contributed by atoms with Crippen LogP contribution in [0.4, 0.5) is 0 Å². The van der Waals surface area contributed by atoms with Gasteiger partial charge in [0.25, 0.3) is 0 Å². The highest BCUT2D eigenvalue weighted by Gasteiger charge is 2.04. The standard InChI is InChI=1S/C17H28N4O2S/c1-21(2)16(22)14-20-17(19-11-13-24-3)18-10-7-12-23-15-8-5-4-6-9-15/h4-6,8-9H,7,10-14H2,1-3H3,(H2,18,19,20). The predicted molar refractivity (Wildman–Crippen MR) is 102 cm³/mol. The molecule has 1 rings (SSSR count).